The second-order valence-electron chi connectivity index (χ2n) is 5.01. The van der Waals surface area contributed by atoms with Crippen LogP contribution < -0.4 is 11.1 Å². The summed E-state index contributed by atoms with van der Waals surface area (Å²) in [6, 6.07) is 13.4. The third kappa shape index (κ3) is 3.40. The Hall–Kier alpha value is -2.46. The van der Waals surface area contributed by atoms with Gasteiger partial charge in [0, 0.05) is 5.56 Å². The molecular weight excluding hydrogens is 279 g/mol. The SMILES string of the molecule is C=C(c1ccccc1)c1cccc(F)c1NC(=O)C(N)CC. The monoisotopic (exact) mass is 298 g/mol. The number of hydrogen-bond donors (Lipinski definition) is 2. The Balaban J connectivity index is 2.39. The third-order valence-electron chi connectivity index (χ3n) is 3.49. The van der Waals surface area contributed by atoms with E-state index in [1.807, 2.05) is 30.3 Å². The number of para-hydroxylation sites is 1. The quantitative estimate of drug-likeness (QED) is 0.886. The van der Waals surface area contributed by atoms with Gasteiger partial charge >= 0.3 is 0 Å². The van der Waals surface area contributed by atoms with Crippen LogP contribution in [-0.2, 0) is 4.79 Å². The molecule has 0 fully saturated rings. The molecule has 0 saturated carbocycles. The molecule has 4 heteroatoms. The van der Waals surface area contributed by atoms with Crippen molar-refractivity contribution in [2.24, 2.45) is 5.73 Å². The van der Waals surface area contributed by atoms with Crippen molar-refractivity contribution < 1.29 is 9.18 Å². The molecule has 3 nitrogen and oxygen atoms in total. The largest absolute Gasteiger partial charge is 0.322 e. The Kier molecular flexibility index (Phi) is 5.07. The van der Waals surface area contributed by atoms with E-state index in [0.29, 0.717) is 17.6 Å². The maximum Gasteiger partial charge on any atom is 0.241 e. The summed E-state index contributed by atoms with van der Waals surface area (Å²) in [5.74, 6) is -0.916. The predicted octanol–water partition coefficient (Wildman–Crippen LogP) is 3.56. The van der Waals surface area contributed by atoms with Crippen LogP contribution in [0.1, 0.15) is 24.5 Å². The molecule has 0 aliphatic heterocycles. The Labute approximate surface area is 129 Å². The average Bonchev–Trinajstić information content (AvgIpc) is 2.56. The zero-order chi connectivity index (χ0) is 16.1. The second-order valence-corrected chi connectivity index (χ2v) is 5.01. The summed E-state index contributed by atoms with van der Waals surface area (Å²) in [5.41, 5.74) is 7.86. The third-order valence-corrected chi connectivity index (χ3v) is 3.49. The van der Waals surface area contributed by atoms with Crippen LogP contribution in [0.5, 0.6) is 0 Å². The summed E-state index contributed by atoms with van der Waals surface area (Å²) in [5, 5.41) is 2.58. The van der Waals surface area contributed by atoms with Crippen molar-refractivity contribution in [2.45, 2.75) is 19.4 Å². The summed E-state index contributed by atoms with van der Waals surface area (Å²) in [4.78, 5) is 12.0. The molecule has 0 aliphatic rings. The highest BCUT2D eigenvalue weighted by Crippen LogP contribution is 2.30. The van der Waals surface area contributed by atoms with Crippen LogP contribution >= 0.6 is 0 Å². The van der Waals surface area contributed by atoms with Gasteiger partial charge in [0.1, 0.15) is 5.82 Å². The summed E-state index contributed by atoms with van der Waals surface area (Å²) in [7, 11) is 0. The molecular formula is C18H19FN2O. The highest BCUT2D eigenvalue weighted by Gasteiger charge is 2.17. The van der Waals surface area contributed by atoms with Crippen LogP contribution in [0.2, 0.25) is 0 Å². The first-order chi connectivity index (χ1) is 10.5. The topological polar surface area (TPSA) is 55.1 Å². The van der Waals surface area contributed by atoms with E-state index in [4.69, 9.17) is 5.73 Å². The van der Waals surface area contributed by atoms with Gasteiger partial charge in [-0.2, -0.15) is 0 Å². The maximum atomic E-state index is 14.2. The Bertz CT molecular complexity index is 683. The van der Waals surface area contributed by atoms with Gasteiger partial charge in [0.05, 0.1) is 11.7 Å². The van der Waals surface area contributed by atoms with Gasteiger partial charge in [0.25, 0.3) is 0 Å². The number of carbonyl (C=O) groups is 1. The van der Waals surface area contributed by atoms with E-state index in [-0.39, 0.29) is 5.69 Å². The van der Waals surface area contributed by atoms with Gasteiger partial charge in [0.2, 0.25) is 5.91 Å². The number of nitrogens with two attached hydrogens (primary N) is 1. The van der Waals surface area contributed by atoms with Gasteiger partial charge in [0.15, 0.2) is 0 Å². The summed E-state index contributed by atoms with van der Waals surface area (Å²) < 4.78 is 14.2. The maximum absolute atomic E-state index is 14.2. The van der Waals surface area contributed by atoms with E-state index in [2.05, 4.69) is 11.9 Å². The number of amides is 1. The molecule has 114 valence electrons. The molecule has 0 bridgehead atoms. The van der Waals surface area contributed by atoms with Crippen LogP contribution in [0.25, 0.3) is 5.57 Å². The molecule has 0 heterocycles. The molecule has 0 saturated heterocycles. The molecule has 0 radical (unpaired) electrons. The lowest BCUT2D eigenvalue weighted by atomic mass is 9.97. The molecule has 1 unspecified atom stereocenters. The highest BCUT2D eigenvalue weighted by atomic mass is 19.1. The number of hydrogen-bond acceptors (Lipinski definition) is 2. The van der Waals surface area contributed by atoms with Crippen molar-refractivity contribution in [1.29, 1.82) is 0 Å². The lowest BCUT2D eigenvalue weighted by Gasteiger charge is -2.16. The van der Waals surface area contributed by atoms with E-state index < -0.39 is 17.8 Å². The highest BCUT2D eigenvalue weighted by molar-refractivity contribution is 5.98. The van der Waals surface area contributed by atoms with Crippen LogP contribution in [0, 0.1) is 5.82 Å². The normalized spacial score (nSPS) is 11.8. The first-order valence-electron chi connectivity index (χ1n) is 7.14. The van der Waals surface area contributed by atoms with Crippen molar-refractivity contribution in [2.75, 3.05) is 5.32 Å². The molecule has 2 rings (SSSR count). The van der Waals surface area contributed by atoms with E-state index >= 15 is 0 Å². The standard InChI is InChI=1S/C18H19FN2O/c1-3-16(20)18(22)21-17-14(10-7-11-15(17)19)12(2)13-8-5-4-6-9-13/h4-11,16H,2-3,20H2,1H3,(H,21,22). The van der Waals surface area contributed by atoms with Crippen molar-refractivity contribution in [3.8, 4) is 0 Å². The van der Waals surface area contributed by atoms with Crippen molar-refractivity contribution in [1.82, 2.24) is 0 Å². The fourth-order valence-electron chi connectivity index (χ4n) is 2.10. The van der Waals surface area contributed by atoms with Gasteiger partial charge < -0.3 is 11.1 Å². The molecule has 22 heavy (non-hydrogen) atoms. The van der Waals surface area contributed by atoms with Crippen LogP contribution in [0.3, 0.4) is 0 Å². The molecule has 0 aliphatic carbocycles. The number of carbonyl (C=O) groups excluding carboxylic acids is 1. The molecule has 0 spiro atoms. The number of benzene rings is 2. The first-order valence-corrected chi connectivity index (χ1v) is 7.14. The lowest BCUT2D eigenvalue weighted by molar-refractivity contribution is -0.117. The zero-order valence-electron chi connectivity index (χ0n) is 12.5. The Morgan fingerprint density at radius 2 is 1.91 bits per heavy atom. The number of nitrogens with one attached hydrogen (secondary N) is 1. The van der Waals surface area contributed by atoms with Gasteiger partial charge in [-0.25, -0.2) is 4.39 Å². The minimum atomic E-state index is -0.669. The lowest BCUT2D eigenvalue weighted by Crippen LogP contribution is -2.35. The Morgan fingerprint density at radius 3 is 2.55 bits per heavy atom. The Morgan fingerprint density at radius 1 is 1.23 bits per heavy atom. The first kappa shape index (κ1) is 15.9. The van der Waals surface area contributed by atoms with Crippen LogP contribution in [0.15, 0.2) is 55.1 Å². The minimum absolute atomic E-state index is 0.116. The fraction of sp³-hybridized carbons (Fsp3) is 0.167. The average molecular weight is 298 g/mol. The van der Waals surface area contributed by atoms with Crippen molar-refractivity contribution in [3.63, 3.8) is 0 Å². The predicted molar refractivity (Wildman–Crippen MR) is 87.9 cm³/mol. The smallest absolute Gasteiger partial charge is 0.241 e. The van der Waals surface area contributed by atoms with Gasteiger partial charge in [-0.05, 0) is 23.6 Å². The minimum Gasteiger partial charge on any atom is -0.322 e. The second kappa shape index (κ2) is 7.00. The number of halogens is 1. The van der Waals surface area contributed by atoms with Gasteiger partial charge in [-0.15, -0.1) is 0 Å². The molecule has 1 amide bonds. The molecule has 3 N–H and O–H groups in total. The molecule has 2 aromatic rings. The molecule has 2 aromatic carbocycles. The van der Waals surface area contributed by atoms with E-state index in [0.717, 1.165) is 5.56 Å². The van der Waals surface area contributed by atoms with Gasteiger partial charge in [-0.1, -0.05) is 56.0 Å². The fourth-order valence-corrected chi connectivity index (χ4v) is 2.10. The summed E-state index contributed by atoms with van der Waals surface area (Å²) in [6.45, 7) is 5.82. The van der Waals surface area contributed by atoms with Crippen molar-refractivity contribution in [3.05, 3.63) is 72.1 Å². The number of rotatable bonds is 5. The molecule has 1 atom stereocenters. The van der Waals surface area contributed by atoms with E-state index in [1.54, 1.807) is 19.1 Å². The van der Waals surface area contributed by atoms with Crippen LogP contribution in [-0.4, -0.2) is 11.9 Å². The number of anilines is 1. The van der Waals surface area contributed by atoms with Crippen LogP contribution in [0.4, 0.5) is 10.1 Å². The summed E-state index contributed by atoms with van der Waals surface area (Å²) >= 11 is 0. The van der Waals surface area contributed by atoms with Gasteiger partial charge in [-0.3, -0.25) is 4.79 Å². The van der Waals surface area contributed by atoms with Crippen molar-refractivity contribution >= 4 is 17.2 Å². The zero-order valence-corrected chi connectivity index (χ0v) is 12.5. The molecule has 0 aromatic heterocycles. The summed E-state index contributed by atoms with van der Waals surface area (Å²) in [6.07, 6.45) is 0.481. The van der Waals surface area contributed by atoms with E-state index in [1.165, 1.54) is 6.07 Å². The van der Waals surface area contributed by atoms with E-state index in [9.17, 15) is 9.18 Å².